The zero-order valence-corrected chi connectivity index (χ0v) is 14.9. The first-order valence-electron chi connectivity index (χ1n) is 8.92. The predicted molar refractivity (Wildman–Crippen MR) is 100 cm³/mol. The number of ether oxygens (including phenoxy) is 1. The molecule has 2 aromatic carbocycles. The van der Waals surface area contributed by atoms with Crippen molar-refractivity contribution in [2.45, 2.75) is 25.8 Å². The summed E-state index contributed by atoms with van der Waals surface area (Å²) in [5.74, 6) is -0.0636. The van der Waals surface area contributed by atoms with Gasteiger partial charge >= 0.3 is 0 Å². The van der Waals surface area contributed by atoms with Crippen LogP contribution in [0.5, 0.6) is 5.75 Å². The van der Waals surface area contributed by atoms with Gasteiger partial charge in [0.2, 0.25) is 5.91 Å². The summed E-state index contributed by atoms with van der Waals surface area (Å²) in [5, 5.41) is 0. The fourth-order valence-corrected chi connectivity index (χ4v) is 3.36. The maximum Gasteiger partial charge on any atom is 0.260 e. The molecule has 2 atom stereocenters. The number of para-hydroxylation sites is 1. The smallest absolute Gasteiger partial charge is 0.260 e. The fraction of sp³-hybridized carbons (Fsp3) is 0.333. The number of benzene rings is 2. The zero-order valence-electron chi connectivity index (χ0n) is 14.9. The summed E-state index contributed by atoms with van der Waals surface area (Å²) in [4.78, 5) is 25.8. The van der Waals surface area contributed by atoms with Gasteiger partial charge in [-0.3, -0.25) is 9.59 Å². The highest BCUT2D eigenvalue weighted by molar-refractivity contribution is 5.81. The van der Waals surface area contributed by atoms with Crippen molar-refractivity contribution in [1.29, 1.82) is 0 Å². The predicted octanol–water partition coefficient (Wildman–Crippen LogP) is 2.84. The van der Waals surface area contributed by atoms with Crippen molar-refractivity contribution in [1.82, 2.24) is 4.90 Å². The van der Waals surface area contributed by atoms with E-state index in [9.17, 15) is 9.59 Å². The maximum absolute atomic E-state index is 12.6. The summed E-state index contributed by atoms with van der Waals surface area (Å²) in [5.41, 5.74) is 7.40. The van der Waals surface area contributed by atoms with Gasteiger partial charge in [0.1, 0.15) is 5.75 Å². The molecule has 1 saturated heterocycles. The van der Waals surface area contributed by atoms with Gasteiger partial charge in [-0.1, -0.05) is 48.5 Å². The van der Waals surface area contributed by atoms with Gasteiger partial charge in [0.25, 0.3) is 5.91 Å². The summed E-state index contributed by atoms with van der Waals surface area (Å²) in [6.45, 7) is 2.31. The van der Waals surface area contributed by atoms with Gasteiger partial charge in [0.05, 0.1) is 5.92 Å². The molecule has 0 saturated carbocycles. The molecule has 2 amide bonds. The second-order valence-electron chi connectivity index (χ2n) is 6.72. The van der Waals surface area contributed by atoms with Gasteiger partial charge in [0, 0.05) is 18.2 Å². The van der Waals surface area contributed by atoms with Crippen LogP contribution in [0.4, 0.5) is 0 Å². The number of nitrogens with zero attached hydrogens (tertiary/aromatic N) is 1. The molecule has 1 aliphatic heterocycles. The second-order valence-corrected chi connectivity index (χ2v) is 6.72. The van der Waals surface area contributed by atoms with E-state index in [1.54, 1.807) is 4.90 Å². The summed E-state index contributed by atoms with van der Waals surface area (Å²) < 4.78 is 5.84. The van der Waals surface area contributed by atoms with Crippen LogP contribution >= 0.6 is 0 Å². The molecule has 1 aliphatic rings. The Morgan fingerprint density at radius 3 is 2.50 bits per heavy atom. The van der Waals surface area contributed by atoms with Crippen molar-refractivity contribution >= 4 is 11.8 Å². The van der Waals surface area contributed by atoms with Gasteiger partial charge in [-0.05, 0) is 31.4 Å². The molecule has 26 heavy (non-hydrogen) atoms. The molecule has 0 bridgehead atoms. The van der Waals surface area contributed by atoms with Crippen molar-refractivity contribution in [2.75, 3.05) is 13.2 Å². The van der Waals surface area contributed by atoms with E-state index in [-0.39, 0.29) is 30.4 Å². The Kier molecular flexibility index (Phi) is 5.56. The van der Waals surface area contributed by atoms with E-state index < -0.39 is 0 Å². The van der Waals surface area contributed by atoms with Crippen LogP contribution in [0.3, 0.4) is 0 Å². The highest BCUT2D eigenvalue weighted by Crippen LogP contribution is 2.30. The Labute approximate surface area is 153 Å². The van der Waals surface area contributed by atoms with Crippen LogP contribution in [0.25, 0.3) is 11.1 Å². The number of hydrogen-bond acceptors (Lipinski definition) is 3. The maximum atomic E-state index is 12.6. The topological polar surface area (TPSA) is 72.6 Å². The van der Waals surface area contributed by atoms with Crippen molar-refractivity contribution in [3.8, 4) is 16.9 Å². The third-order valence-electron chi connectivity index (χ3n) is 4.93. The van der Waals surface area contributed by atoms with Gasteiger partial charge in [-0.2, -0.15) is 0 Å². The summed E-state index contributed by atoms with van der Waals surface area (Å²) in [6, 6.07) is 17.7. The average Bonchev–Trinajstić information content (AvgIpc) is 2.67. The summed E-state index contributed by atoms with van der Waals surface area (Å²) >= 11 is 0. The largest absolute Gasteiger partial charge is 0.483 e. The first-order chi connectivity index (χ1) is 12.6. The minimum Gasteiger partial charge on any atom is -0.483 e. The molecule has 1 heterocycles. The van der Waals surface area contributed by atoms with E-state index in [4.69, 9.17) is 10.5 Å². The fourth-order valence-electron chi connectivity index (χ4n) is 3.36. The molecular weight excluding hydrogens is 328 g/mol. The van der Waals surface area contributed by atoms with Gasteiger partial charge in [0.15, 0.2) is 6.61 Å². The summed E-state index contributed by atoms with van der Waals surface area (Å²) in [6.07, 6.45) is 1.51. The van der Waals surface area contributed by atoms with Crippen LogP contribution in [0, 0.1) is 5.92 Å². The Bertz CT molecular complexity index is 776. The van der Waals surface area contributed by atoms with Gasteiger partial charge < -0.3 is 15.4 Å². The third-order valence-corrected chi connectivity index (χ3v) is 4.93. The van der Waals surface area contributed by atoms with Crippen molar-refractivity contribution < 1.29 is 14.3 Å². The van der Waals surface area contributed by atoms with E-state index in [0.717, 1.165) is 24.0 Å². The lowest BCUT2D eigenvalue weighted by atomic mass is 9.93. The quantitative estimate of drug-likeness (QED) is 0.899. The number of likely N-dealkylation sites (tertiary alicyclic amines) is 1. The highest BCUT2D eigenvalue weighted by Gasteiger charge is 2.31. The standard InChI is InChI=1S/C21H24N2O3/c1-15-11-12-17(21(22)25)13-23(15)20(24)14-26-19-10-6-5-9-18(19)16-7-3-2-4-8-16/h2-10,15,17H,11-14H2,1H3,(H2,22,25)/t15-,17+/m1/s1. The SMILES string of the molecule is C[C@@H]1CC[C@H](C(N)=O)CN1C(=O)COc1ccccc1-c1ccccc1. The normalized spacial score (nSPS) is 19.8. The first kappa shape index (κ1) is 18.0. The van der Waals surface area contributed by atoms with Crippen molar-refractivity contribution in [2.24, 2.45) is 11.7 Å². The Balaban J connectivity index is 1.69. The number of hydrogen-bond donors (Lipinski definition) is 1. The minimum absolute atomic E-state index is 0.0559. The molecule has 0 aromatic heterocycles. The Hall–Kier alpha value is -2.82. The molecule has 0 aliphatic carbocycles. The number of primary amides is 1. The number of amides is 2. The lowest BCUT2D eigenvalue weighted by molar-refractivity contribution is -0.139. The number of carbonyl (C=O) groups excluding carboxylic acids is 2. The monoisotopic (exact) mass is 352 g/mol. The van der Waals surface area contributed by atoms with Crippen LogP contribution in [-0.4, -0.2) is 35.9 Å². The van der Waals surface area contributed by atoms with Crippen LogP contribution in [0.2, 0.25) is 0 Å². The van der Waals surface area contributed by atoms with Gasteiger partial charge in [-0.25, -0.2) is 0 Å². The van der Waals surface area contributed by atoms with E-state index in [1.165, 1.54) is 0 Å². The Morgan fingerprint density at radius 2 is 1.77 bits per heavy atom. The summed E-state index contributed by atoms with van der Waals surface area (Å²) in [7, 11) is 0. The molecule has 5 heteroatoms. The molecular formula is C21H24N2O3. The van der Waals surface area contributed by atoms with Crippen LogP contribution < -0.4 is 10.5 Å². The Morgan fingerprint density at radius 1 is 1.08 bits per heavy atom. The van der Waals surface area contributed by atoms with E-state index in [1.807, 2.05) is 61.5 Å². The molecule has 3 rings (SSSR count). The molecule has 1 fully saturated rings. The van der Waals surface area contributed by atoms with E-state index >= 15 is 0 Å². The second kappa shape index (κ2) is 8.04. The average molecular weight is 352 g/mol. The van der Waals surface area contributed by atoms with Crippen molar-refractivity contribution in [3.05, 3.63) is 54.6 Å². The van der Waals surface area contributed by atoms with E-state index in [0.29, 0.717) is 12.3 Å². The van der Waals surface area contributed by atoms with Crippen LogP contribution in [0.15, 0.2) is 54.6 Å². The molecule has 5 nitrogen and oxygen atoms in total. The lowest BCUT2D eigenvalue weighted by Gasteiger charge is -2.36. The number of rotatable bonds is 5. The van der Waals surface area contributed by atoms with Gasteiger partial charge in [-0.15, -0.1) is 0 Å². The number of nitrogens with two attached hydrogens (primary N) is 1. The molecule has 0 unspecified atom stereocenters. The first-order valence-corrected chi connectivity index (χ1v) is 8.92. The minimum atomic E-state index is -0.343. The molecule has 0 spiro atoms. The van der Waals surface area contributed by atoms with Crippen LogP contribution in [0.1, 0.15) is 19.8 Å². The third kappa shape index (κ3) is 4.04. The molecule has 136 valence electrons. The zero-order chi connectivity index (χ0) is 18.5. The molecule has 0 radical (unpaired) electrons. The van der Waals surface area contributed by atoms with E-state index in [2.05, 4.69) is 0 Å². The van der Waals surface area contributed by atoms with Crippen molar-refractivity contribution in [3.63, 3.8) is 0 Å². The molecule has 2 aromatic rings. The van der Waals surface area contributed by atoms with Crippen LogP contribution in [-0.2, 0) is 9.59 Å². The number of carbonyl (C=O) groups is 2. The lowest BCUT2D eigenvalue weighted by Crippen LogP contribution is -2.50. The molecule has 2 N–H and O–H groups in total. The highest BCUT2D eigenvalue weighted by atomic mass is 16.5. The number of piperidine rings is 1.